The Morgan fingerprint density at radius 2 is 2.29 bits per heavy atom. The van der Waals surface area contributed by atoms with Crippen LogP contribution in [0.15, 0.2) is 17.0 Å². The maximum atomic E-state index is 12.0. The molecule has 1 aromatic rings. The molecule has 1 heterocycles. The third-order valence-corrected chi connectivity index (χ3v) is 3.88. The van der Waals surface area contributed by atoms with E-state index in [2.05, 4.69) is 6.07 Å². The van der Waals surface area contributed by atoms with Crippen molar-refractivity contribution in [1.82, 2.24) is 0 Å². The van der Waals surface area contributed by atoms with Crippen LogP contribution in [0.5, 0.6) is 0 Å². The van der Waals surface area contributed by atoms with Crippen molar-refractivity contribution in [3.8, 4) is 0 Å². The van der Waals surface area contributed by atoms with Crippen molar-refractivity contribution < 1.29 is 4.79 Å². The molecule has 4 heteroatoms. The van der Waals surface area contributed by atoms with E-state index in [9.17, 15) is 4.79 Å². The first-order valence-corrected chi connectivity index (χ1v) is 7.16. The molecule has 0 aromatic heterocycles. The summed E-state index contributed by atoms with van der Waals surface area (Å²) in [7, 11) is 0. The van der Waals surface area contributed by atoms with Gasteiger partial charge in [-0.2, -0.15) is 0 Å². The average molecular weight is 250 g/mol. The monoisotopic (exact) mass is 250 g/mol. The number of nitrogens with two attached hydrogens (primary N) is 1. The Bertz CT molecular complexity index is 445. The second-order valence-electron chi connectivity index (χ2n) is 4.27. The summed E-state index contributed by atoms with van der Waals surface area (Å²) in [5.74, 6) is 0.211. The van der Waals surface area contributed by atoms with Gasteiger partial charge in [-0.3, -0.25) is 4.79 Å². The molecule has 0 unspecified atom stereocenters. The number of anilines is 2. The third-order valence-electron chi connectivity index (χ3n) is 3.09. The van der Waals surface area contributed by atoms with Gasteiger partial charge >= 0.3 is 0 Å². The fraction of sp³-hybridized carbons (Fsp3) is 0.462. The van der Waals surface area contributed by atoms with Crippen molar-refractivity contribution in [2.75, 3.05) is 23.4 Å². The van der Waals surface area contributed by atoms with Gasteiger partial charge in [0.05, 0.1) is 0 Å². The van der Waals surface area contributed by atoms with Crippen molar-refractivity contribution in [2.45, 2.75) is 31.1 Å². The summed E-state index contributed by atoms with van der Waals surface area (Å²) >= 11 is 1.65. The fourth-order valence-corrected chi connectivity index (χ4v) is 2.77. The van der Waals surface area contributed by atoms with E-state index in [1.807, 2.05) is 24.1 Å². The molecular weight excluding hydrogens is 232 g/mol. The van der Waals surface area contributed by atoms with E-state index in [4.69, 9.17) is 5.73 Å². The predicted octanol–water partition coefficient (Wildman–Crippen LogP) is 2.68. The molecular formula is C13H18N2OS. The van der Waals surface area contributed by atoms with E-state index < -0.39 is 0 Å². The minimum Gasteiger partial charge on any atom is -0.398 e. The Kier molecular flexibility index (Phi) is 3.62. The second-order valence-corrected chi connectivity index (χ2v) is 5.12. The van der Waals surface area contributed by atoms with Gasteiger partial charge in [-0.1, -0.05) is 6.92 Å². The number of rotatable bonds is 3. The average Bonchev–Trinajstić information content (AvgIpc) is 2.71. The SMILES string of the molecule is CCCC(=O)N1CCc2cc(SC)c(N)cc21. The molecule has 3 nitrogen and oxygen atoms in total. The van der Waals surface area contributed by atoms with Gasteiger partial charge in [0.2, 0.25) is 5.91 Å². The van der Waals surface area contributed by atoms with Gasteiger partial charge in [0.1, 0.15) is 0 Å². The number of carbonyl (C=O) groups excluding carboxylic acids is 1. The van der Waals surface area contributed by atoms with Gasteiger partial charge in [-0.15, -0.1) is 11.8 Å². The zero-order chi connectivity index (χ0) is 12.4. The number of thioether (sulfide) groups is 1. The third kappa shape index (κ3) is 2.27. The first kappa shape index (κ1) is 12.3. The zero-order valence-corrected chi connectivity index (χ0v) is 11.1. The summed E-state index contributed by atoms with van der Waals surface area (Å²) in [6.45, 7) is 2.82. The van der Waals surface area contributed by atoms with Crippen LogP contribution in [-0.4, -0.2) is 18.7 Å². The Morgan fingerprint density at radius 3 is 2.94 bits per heavy atom. The molecule has 0 radical (unpaired) electrons. The summed E-state index contributed by atoms with van der Waals surface area (Å²) < 4.78 is 0. The summed E-state index contributed by atoms with van der Waals surface area (Å²) in [6, 6.07) is 4.07. The minimum absolute atomic E-state index is 0.211. The van der Waals surface area contributed by atoms with Gasteiger partial charge in [0.25, 0.3) is 0 Å². The Hall–Kier alpha value is -1.16. The Labute approximate surface area is 106 Å². The van der Waals surface area contributed by atoms with Gasteiger partial charge in [0, 0.05) is 29.2 Å². The van der Waals surface area contributed by atoms with Crippen molar-refractivity contribution in [3.05, 3.63) is 17.7 Å². The molecule has 17 heavy (non-hydrogen) atoms. The first-order chi connectivity index (χ1) is 8.17. The van der Waals surface area contributed by atoms with Crippen LogP contribution in [0.3, 0.4) is 0 Å². The molecule has 1 aliphatic heterocycles. The highest BCUT2D eigenvalue weighted by Crippen LogP contribution is 2.35. The standard InChI is InChI=1S/C13H18N2OS/c1-3-4-13(16)15-6-5-9-7-12(17-2)10(14)8-11(9)15/h7-8H,3-6,14H2,1-2H3. The first-order valence-electron chi connectivity index (χ1n) is 5.94. The Balaban J connectivity index is 2.32. The summed E-state index contributed by atoms with van der Waals surface area (Å²) in [6.07, 6.45) is 4.47. The molecule has 0 spiro atoms. The summed E-state index contributed by atoms with van der Waals surface area (Å²) in [5.41, 5.74) is 9.01. The second kappa shape index (κ2) is 5.00. The van der Waals surface area contributed by atoms with E-state index in [1.54, 1.807) is 11.8 Å². The largest absolute Gasteiger partial charge is 0.398 e. The quantitative estimate of drug-likeness (QED) is 0.662. The number of carbonyl (C=O) groups is 1. The molecule has 0 bridgehead atoms. The number of amides is 1. The highest BCUT2D eigenvalue weighted by atomic mass is 32.2. The normalized spacial score (nSPS) is 13.9. The van der Waals surface area contributed by atoms with E-state index in [-0.39, 0.29) is 5.91 Å². The molecule has 1 aromatic carbocycles. The van der Waals surface area contributed by atoms with Crippen LogP contribution in [0, 0.1) is 0 Å². The van der Waals surface area contributed by atoms with Crippen LogP contribution in [0.25, 0.3) is 0 Å². The summed E-state index contributed by atoms with van der Waals surface area (Å²) in [4.78, 5) is 14.9. The lowest BCUT2D eigenvalue weighted by atomic mass is 10.1. The predicted molar refractivity (Wildman–Crippen MR) is 73.6 cm³/mol. The molecule has 2 N–H and O–H groups in total. The maximum Gasteiger partial charge on any atom is 0.226 e. The number of hydrogen-bond acceptors (Lipinski definition) is 3. The molecule has 1 amide bonds. The van der Waals surface area contributed by atoms with Crippen molar-refractivity contribution in [3.63, 3.8) is 0 Å². The van der Waals surface area contributed by atoms with Crippen LogP contribution in [0.2, 0.25) is 0 Å². The molecule has 1 aliphatic rings. The van der Waals surface area contributed by atoms with Gasteiger partial charge in [-0.05, 0) is 36.8 Å². The topological polar surface area (TPSA) is 46.3 Å². The lowest BCUT2D eigenvalue weighted by molar-refractivity contribution is -0.118. The van der Waals surface area contributed by atoms with E-state index >= 15 is 0 Å². The Morgan fingerprint density at radius 1 is 1.53 bits per heavy atom. The van der Waals surface area contributed by atoms with Gasteiger partial charge in [-0.25, -0.2) is 0 Å². The highest BCUT2D eigenvalue weighted by molar-refractivity contribution is 7.98. The van der Waals surface area contributed by atoms with Crippen LogP contribution >= 0.6 is 11.8 Å². The number of benzene rings is 1. The molecule has 0 aliphatic carbocycles. The smallest absolute Gasteiger partial charge is 0.226 e. The number of nitrogens with zero attached hydrogens (tertiary/aromatic N) is 1. The zero-order valence-electron chi connectivity index (χ0n) is 10.3. The van der Waals surface area contributed by atoms with E-state index in [1.165, 1.54) is 5.56 Å². The van der Waals surface area contributed by atoms with Crippen molar-refractivity contribution in [1.29, 1.82) is 0 Å². The van der Waals surface area contributed by atoms with Gasteiger partial charge in [0.15, 0.2) is 0 Å². The number of nitrogen functional groups attached to an aromatic ring is 1. The molecule has 0 saturated heterocycles. The molecule has 0 atom stereocenters. The van der Waals surface area contributed by atoms with E-state index in [0.29, 0.717) is 6.42 Å². The lowest BCUT2D eigenvalue weighted by Gasteiger charge is -2.18. The molecule has 2 rings (SSSR count). The van der Waals surface area contributed by atoms with Crippen LogP contribution in [0.4, 0.5) is 11.4 Å². The van der Waals surface area contributed by atoms with Crippen molar-refractivity contribution in [2.24, 2.45) is 0 Å². The molecule has 92 valence electrons. The lowest BCUT2D eigenvalue weighted by Crippen LogP contribution is -2.28. The maximum absolute atomic E-state index is 12.0. The summed E-state index contributed by atoms with van der Waals surface area (Å²) in [5, 5.41) is 0. The molecule has 0 fully saturated rings. The molecule has 0 saturated carbocycles. The highest BCUT2D eigenvalue weighted by Gasteiger charge is 2.24. The van der Waals surface area contributed by atoms with Gasteiger partial charge < -0.3 is 10.6 Å². The van der Waals surface area contributed by atoms with E-state index in [0.717, 1.165) is 35.7 Å². The van der Waals surface area contributed by atoms with Crippen LogP contribution in [-0.2, 0) is 11.2 Å². The van der Waals surface area contributed by atoms with Crippen LogP contribution < -0.4 is 10.6 Å². The van der Waals surface area contributed by atoms with Crippen LogP contribution in [0.1, 0.15) is 25.3 Å². The number of hydrogen-bond donors (Lipinski definition) is 1. The number of fused-ring (bicyclic) bond motifs is 1. The minimum atomic E-state index is 0.211. The fourth-order valence-electron chi connectivity index (χ4n) is 2.22. The van der Waals surface area contributed by atoms with Crippen molar-refractivity contribution >= 4 is 29.0 Å².